The molecule has 29 heavy (non-hydrogen) atoms. The Hall–Kier alpha value is -2.68. The minimum Gasteiger partial charge on any atom is -0.388 e. The molecule has 1 aromatic carbocycles. The lowest BCUT2D eigenvalue weighted by Gasteiger charge is -2.24. The zero-order valence-corrected chi connectivity index (χ0v) is 16.8. The molecule has 1 aliphatic heterocycles. The van der Waals surface area contributed by atoms with Crippen LogP contribution in [0.5, 0.6) is 0 Å². The summed E-state index contributed by atoms with van der Waals surface area (Å²) < 4.78 is 0. The number of hydrogen-bond acceptors (Lipinski definition) is 5. The van der Waals surface area contributed by atoms with Crippen LogP contribution in [0.1, 0.15) is 20.9 Å². The van der Waals surface area contributed by atoms with Crippen molar-refractivity contribution in [3.63, 3.8) is 0 Å². The van der Waals surface area contributed by atoms with E-state index in [2.05, 4.69) is 10.3 Å². The number of likely N-dealkylation sites (tertiary alicyclic amines) is 1. The number of nitrogens with zero attached hydrogens (tertiary/aromatic N) is 1. The first-order valence-electron chi connectivity index (χ1n) is 9.49. The number of amides is 2. The molecule has 1 saturated heterocycles. The summed E-state index contributed by atoms with van der Waals surface area (Å²) in [6.07, 6.45) is -1.61. The van der Waals surface area contributed by atoms with Crippen LogP contribution in [0, 0.1) is 6.92 Å². The maximum atomic E-state index is 13.1. The van der Waals surface area contributed by atoms with Gasteiger partial charge in [0.15, 0.2) is 0 Å². The third kappa shape index (κ3) is 4.19. The number of nitrogens with one attached hydrogen (secondary N) is 2. The first-order valence-corrected chi connectivity index (χ1v) is 10.3. The smallest absolute Gasteiger partial charge is 0.268 e. The summed E-state index contributed by atoms with van der Waals surface area (Å²) >= 11 is 1.57. The van der Waals surface area contributed by atoms with E-state index in [-0.39, 0.29) is 24.9 Å². The Bertz CT molecular complexity index is 988. The molecule has 3 aromatic rings. The Labute approximate surface area is 172 Å². The molecule has 4 N–H and O–H groups in total. The van der Waals surface area contributed by atoms with Crippen LogP contribution >= 0.6 is 11.3 Å². The van der Waals surface area contributed by atoms with Gasteiger partial charge in [0.05, 0.1) is 12.2 Å². The summed E-state index contributed by atoms with van der Waals surface area (Å²) in [5, 5.41) is 23.4. The summed E-state index contributed by atoms with van der Waals surface area (Å²) in [5.41, 5.74) is 1.31. The van der Waals surface area contributed by atoms with Crippen molar-refractivity contribution in [2.45, 2.75) is 31.6 Å². The van der Waals surface area contributed by atoms with Gasteiger partial charge in [-0.25, -0.2) is 0 Å². The number of thiophene rings is 1. The third-order valence-electron chi connectivity index (χ3n) is 5.13. The lowest BCUT2D eigenvalue weighted by atomic mass is 10.0. The summed E-state index contributed by atoms with van der Waals surface area (Å²) in [6, 6.07) is 12.4. The quantitative estimate of drug-likeness (QED) is 0.508. The van der Waals surface area contributed by atoms with E-state index in [0.717, 1.165) is 20.7 Å². The number of aromatic nitrogens is 1. The highest BCUT2D eigenvalue weighted by atomic mass is 32.1. The molecule has 152 valence electrons. The number of carbonyl (C=O) groups is 2. The average molecular weight is 413 g/mol. The topological polar surface area (TPSA) is 106 Å². The fourth-order valence-corrected chi connectivity index (χ4v) is 4.54. The second-order valence-corrected chi connectivity index (χ2v) is 8.67. The van der Waals surface area contributed by atoms with E-state index in [1.807, 2.05) is 43.3 Å². The normalized spacial score (nSPS) is 20.2. The number of benzene rings is 1. The highest BCUT2D eigenvalue weighted by Gasteiger charge is 2.36. The van der Waals surface area contributed by atoms with Crippen molar-refractivity contribution in [3.05, 3.63) is 58.6 Å². The molecule has 0 bridgehead atoms. The first kappa shape index (κ1) is 19.6. The minimum atomic E-state index is -0.967. The van der Waals surface area contributed by atoms with Gasteiger partial charge in [0, 0.05) is 29.8 Å². The van der Waals surface area contributed by atoms with Gasteiger partial charge in [0.2, 0.25) is 5.91 Å². The molecule has 0 aliphatic carbocycles. The first-order chi connectivity index (χ1) is 13.9. The molecule has 0 spiro atoms. The van der Waals surface area contributed by atoms with Crippen LogP contribution in [0.25, 0.3) is 10.2 Å². The second-order valence-electron chi connectivity index (χ2n) is 7.42. The standard InChI is InChI=1S/C21H23N3O4S/c1-12-7-14-9-15(23-20(14)29-12)19(27)22-16(8-13-5-3-2-4-6-13)21(28)24-10-17(25)18(26)11-24/h2-7,9,16-18,23,25-26H,8,10-11H2,1H3,(H,22,27)/t16?,17-,18+. The number of H-pyrrole nitrogens is 1. The number of fused-ring (bicyclic) bond motifs is 1. The van der Waals surface area contributed by atoms with Crippen LogP contribution in [0.2, 0.25) is 0 Å². The number of aliphatic hydroxyl groups excluding tert-OH is 2. The molecule has 0 saturated carbocycles. The van der Waals surface area contributed by atoms with Gasteiger partial charge in [0.1, 0.15) is 16.6 Å². The van der Waals surface area contributed by atoms with E-state index in [4.69, 9.17) is 0 Å². The largest absolute Gasteiger partial charge is 0.388 e. The van der Waals surface area contributed by atoms with Crippen molar-refractivity contribution >= 4 is 33.4 Å². The average Bonchev–Trinajstić information content (AvgIpc) is 3.34. The number of rotatable bonds is 5. The van der Waals surface area contributed by atoms with Crippen molar-refractivity contribution < 1.29 is 19.8 Å². The van der Waals surface area contributed by atoms with Crippen LogP contribution in [-0.2, 0) is 11.2 Å². The van der Waals surface area contributed by atoms with Gasteiger partial charge in [0.25, 0.3) is 5.91 Å². The molecular formula is C21H23N3O4S. The van der Waals surface area contributed by atoms with Gasteiger partial charge in [-0.15, -0.1) is 11.3 Å². The number of aromatic amines is 1. The van der Waals surface area contributed by atoms with Crippen molar-refractivity contribution in [1.82, 2.24) is 15.2 Å². The Morgan fingerprint density at radius 3 is 2.55 bits per heavy atom. The fourth-order valence-electron chi connectivity index (χ4n) is 3.63. The molecule has 0 radical (unpaired) electrons. The molecule has 1 fully saturated rings. The predicted octanol–water partition coefficient (Wildman–Crippen LogP) is 1.44. The molecule has 2 aromatic heterocycles. The summed E-state index contributed by atoms with van der Waals surface area (Å²) in [5.74, 6) is -0.678. The zero-order valence-electron chi connectivity index (χ0n) is 16.0. The van der Waals surface area contributed by atoms with Crippen LogP contribution < -0.4 is 5.32 Å². The van der Waals surface area contributed by atoms with Crippen molar-refractivity contribution in [2.75, 3.05) is 13.1 Å². The van der Waals surface area contributed by atoms with Crippen LogP contribution in [0.4, 0.5) is 0 Å². The van der Waals surface area contributed by atoms with Crippen LogP contribution in [0.15, 0.2) is 42.5 Å². The minimum absolute atomic E-state index is 0.0542. The molecule has 3 heterocycles. The van der Waals surface area contributed by atoms with Gasteiger partial charge in [-0.3, -0.25) is 9.59 Å². The van der Waals surface area contributed by atoms with Crippen LogP contribution in [0.3, 0.4) is 0 Å². The maximum absolute atomic E-state index is 13.1. The molecule has 2 amide bonds. The highest BCUT2D eigenvalue weighted by molar-refractivity contribution is 7.18. The Morgan fingerprint density at radius 1 is 1.21 bits per heavy atom. The van der Waals surface area contributed by atoms with Gasteiger partial charge in [-0.1, -0.05) is 30.3 Å². The predicted molar refractivity (Wildman–Crippen MR) is 111 cm³/mol. The van der Waals surface area contributed by atoms with Gasteiger partial charge in [-0.2, -0.15) is 0 Å². The van der Waals surface area contributed by atoms with Gasteiger partial charge < -0.3 is 25.4 Å². The van der Waals surface area contributed by atoms with E-state index in [1.54, 1.807) is 17.4 Å². The summed E-state index contributed by atoms with van der Waals surface area (Å²) in [7, 11) is 0. The Kier molecular flexibility index (Phi) is 5.40. The van der Waals surface area contributed by atoms with Crippen molar-refractivity contribution in [1.29, 1.82) is 0 Å². The lowest BCUT2D eigenvalue weighted by molar-refractivity contribution is -0.132. The third-order valence-corrected chi connectivity index (χ3v) is 6.12. The molecule has 3 atom stereocenters. The van der Waals surface area contributed by atoms with Crippen molar-refractivity contribution in [3.8, 4) is 0 Å². The summed E-state index contributed by atoms with van der Waals surface area (Å²) in [6.45, 7) is 2.11. The molecule has 4 rings (SSSR count). The molecule has 8 heteroatoms. The lowest BCUT2D eigenvalue weighted by Crippen LogP contribution is -2.49. The van der Waals surface area contributed by atoms with Gasteiger partial charge in [-0.05, 0) is 24.6 Å². The van der Waals surface area contributed by atoms with E-state index in [0.29, 0.717) is 12.1 Å². The summed E-state index contributed by atoms with van der Waals surface area (Å²) in [4.78, 5) is 32.5. The number of aryl methyl sites for hydroxylation is 1. The number of carbonyl (C=O) groups excluding carboxylic acids is 2. The van der Waals surface area contributed by atoms with E-state index < -0.39 is 18.2 Å². The zero-order chi connectivity index (χ0) is 20.5. The SMILES string of the molecule is Cc1cc2cc(C(=O)NC(Cc3ccccc3)C(=O)N3C[C@@H](O)[C@@H](O)C3)[nH]c2s1. The second kappa shape index (κ2) is 7.98. The number of β-amino-alcohol motifs (C(OH)–C–C–N with tert-alkyl or cyclic N) is 2. The maximum Gasteiger partial charge on any atom is 0.268 e. The Morgan fingerprint density at radius 2 is 1.90 bits per heavy atom. The number of aliphatic hydroxyl groups is 2. The Balaban J connectivity index is 1.54. The van der Waals surface area contributed by atoms with Crippen LogP contribution in [-0.4, -0.2) is 63.3 Å². The van der Waals surface area contributed by atoms with E-state index in [9.17, 15) is 19.8 Å². The molecule has 7 nitrogen and oxygen atoms in total. The fraction of sp³-hybridized carbons (Fsp3) is 0.333. The molecule has 1 aliphatic rings. The number of hydrogen-bond donors (Lipinski definition) is 4. The van der Waals surface area contributed by atoms with E-state index in [1.165, 1.54) is 4.90 Å². The van der Waals surface area contributed by atoms with Gasteiger partial charge >= 0.3 is 0 Å². The van der Waals surface area contributed by atoms with Crippen molar-refractivity contribution in [2.24, 2.45) is 0 Å². The molecule has 1 unspecified atom stereocenters. The monoisotopic (exact) mass is 413 g/mol. The molecular weight excluding hydrogens is 390 g/mol. The van der Waals surface area contributed by atoms with E-state index >= 15 is 0 Å². The highest BCUT2D eigenvalue weighted by Crippen LogP contribution is 2.25.